The lowest BCUT2D eigenvalue weighted by Crippen LogP contribution is -2.41. The van der Waals surface area contributed by atoms with E-state index >= 15 is 0 Å². The molecule has 1 aromatic carbocycles. The molecule has 3 heteroatoms. The molecule has 1 aromatic rings. The number of likely N-dealkylation sites (tertiary alicyclic amines) is 1. The summed E-state index contributed by atoms with van der Waals surface area (Å²) in [4.78, 5) is 14.5. The molecule has 1 aliphatic rings. The van der Waals surface area contributed by atoms with E-state index in [-0.39, 0.29) is 11.3 Å². The number of nitrogens with zero attached hydrogens (tertiary/aromatic N) is 1. The number of carbonyl (C=O) groups is 1. The number of hydrogen-bond acceptors (Lipinski definition) is 2. The Bertz CT molecular complexity index is 496. The zero-order valence-electron chi connectivity index (χ0n) is 14.4. The first-order chi connectivity index (χ1) is 10.4. The van der Waals surface area contributed by atoms with Gasteiger partial charge in [-0.2, -0.15) is 0 Å². The minimum absolute atomic E-state index is 0.0808. The topological polar surface area (TPSA) is 29.5 Å². The molecule has 1 aliphatic heterocycles. The van der Waals surface area contributed by atoms with Gasteiger partial charge < -0.3 is 9.64 Å². The SMILES string of the molecule is CC(Oc1cccc(C(C)(C)C)c1)C(=O)N1CCCCCC1. The van der Waals surface area contributed by atoms with Crippen LogP contribution in [0.2, 0.25) is 0 Å². The highest BCUT2D eigenvalue weighted by Gasteiger charge is 2.23. The van der Waals surface area contributed by atoms with Crippen molar-refractivity contribution in [3.63, 3.8) is 0 Å². The lowest BCUT2D eigenvalue weighted by molar-refractivity contribution is -0.137. The van der Waals surface area contributed by atoms with Gasteiger partial charge in [0.1, 0.15) is 5.75 Å². The zero-order chi connectivity index (χ0) is 16.2. The van der Waals surface area contributed by atoms with Crippen molar-refractivity contribution in [2.75, 3.05) is 13.1 Å². The van der Waals surface area contributed by atoms with Gasteiger partial charge in [-0.25, -0.2) is 0 Å². The van der Waals surface area contributed by atoms with Crippen LogP contribution in [0.1, 0.15) is 58.9 Å². The van der Waals surface area contributed by atoms with Crippen molar-refractivity contribution in [3.05, 3.63) is 29.8 Å². The van der Waals surface area contributed by atoms with Crippen LogP contribution in [0.25, 0.3) is 0 Å². The van der Waals surface area contributed by atoms with Crippen molar-refractivity contribution >= 4 is 5.91 Å². The molecule has 1 atom stereocenters. The molecule has 22 heavy (non-hydrogen) atoms. The summed E-state index contributed by atoms with van der Waals surface area (Å²) in [6.07, 6.45) is 4.25. The molecule has 0 spiro atoms. The molecule has 0 bridgehead atoms. The standard InChI is InChI=1S/C19H29NO2/c1-15(18(21)20-12-7-5-6-8-13-20)22-17-11-9-10-16(14-17)19(2,3)4/h9-11,14-15H,5-8,12-13H2,1-4H3. The summed E-state index contributed by atoms with van der Waals surface area (Å²) in [5.41, 5.74) is 1.30. The van der Waals surface area contributed by atoms with Crippen molar-refractivity contribution in [2.24, 2.45) is 0 Å². The predicted octanol–water partition coefficient (Wildman–Crippen LogP) is 4.15. The molecule has 0 aromatic heterocycles. The van der Waals surface area contributed by atoms with Crippen LogP contribution < -0.4 is 4.74 Å². The van der Waals surface area contributed by atoms with Crippen LogP contribution in [0.4, 0.5) is 0 Å². The summed E-state index contributed by atoms with van der Waals surface area (Å²) in [7, 11) is 0. The molecule has 0 aliphatic carbocycles. The number of benzene rings is 1. The van der Waals surface area contributed by atoms with E-state index in [1.54, 1.807) is 0 Å². The second kappa shape index (κ2) is 7.17. The lowest BCUT2D eigenvalue weighted by atomic mass is 9.87. The molecular formula is C19H29NO2. The maximum atomic E-state index is 12.5. The van der Waals surface area contributed by atoms with Gasteiger partial charge in [0, 0.05) is 13.1 Å². The quantitative estimate of drug-likeness (QED) is 0.839. The molecular weight excluding hydrogens is 274 g/mol. The van der Waals surface area contributed by atoms with Crippen LogP contribution in [0.15, 0.2) is 24.3 Å². The van der Waals surface area contributed by atoms with E-state index in [0.717, 1.165) is 31.7 Å². The molecule has 1 saturated heterocycles. The number of amides is 1. The van der Waals surface area contributed by atoms with E-state index in [1.807, 2.05) is 30.0 Å². The number of ether oxygens (including phenoxy) is 1. The van der Waals surface area contributed by atoms with Crippen LogP contribution >= 0.6 is 0 Å². The first kappa shape index (κ1) is 16.9. The Morgan fingerprint density at radius 2 is 1.77 bits per heavy atom. The second-order valence-corrected chi connectivity index (χ2v) is 7.28. The van der Waals surface area contributed by atoms with E-state index in [9.17, 15) is 4.79 Å². The van der Waals surface area contributed by atoms with E-state index in [2.05, 4.69) is 26.8 Å². The molecule has 1 unspecified atom stereocenters. The molecule has 1 fully saturated rings. The van der Waals surface area contributed by atoms with Crippen LogP contribution in [-0.2, 0) is 10.2 Å². The summed E-state index contributed by atoms with van der Waals surface area (Å²) in [6.45, 7) is 10.1. The van der Waals surface area contributed by atoms with Gasteiger partial charge in [0.15, 0.2) is 6.10 Å². The van der Waals surface area contributed by atoms with Crippen molar-refractivity contribution in [3.8, 4) is 5.75 Å². The summed E-state index contributed by atoms with van der Waals surface area (Å²) >= 11 is 0. The third kappa shape index (κ3) is 4.49. The molecule has 3 nitrogen and oxygen atoms in total. The number of carbonyl (C=O) groups excluding carboxylic acids is 1. The fraction of sp³-hybridized carbons (Fsp3) is 0.632. The molecule has 1 amide bonds. The first-order valence-corrected chi connectivity index (χ1v) is 8.44. The number of hydrogen-bond donors (Lipinski definition) is 0. The summed E-state index contributed by atoms with van der Waals surface area (Å²) < 4.78 is 5.91. The first-order valence-electron chi connectivity index (χ1n) is 8.44. The van der Waals surface area contributed by atoms with Gasteiger partial charge in [-0.05, 0) is 42.9 Å². The highest BCUT2D eigenvalue weighted by molar-refractivity contribution is 5.80. The number of rotatable bonds is 3. The summed E-state index contributed by atoms with van der Waals surface area (Å²) in [6, 6.07) is 8.08. The van der Waals surface area contributed by atoms with Crippen LogP contribution in [0.5, 0.6) is 5.75 Å². The second-order valence-electron chi connectivity index (χ2n) is 7.28. The summed E-state index contributed by atoms with van der Waals surface area (Å²) in [5, 5.41) is 0. The maximum absolute atomic E-state index is 12.5. The smallest absolute Gasteiger partial charge is 0.263 e. The molecule has 122 valence electrons. The molecule has 1 heterocycles. The van der Waals surface area contributed by atoms with Crippen molar-refractivity contribution in [1.82, 2.24) is 4.90 Å². The van der Waals surface area contributed by atoms with E-state index in [1.165, 1.54) is 18.4 Å². The van der Waals surface area contributed by atoms with Crippen LogP contribution in [-0.4, -0.2) is 30.0 Å². The average Bonchev–Trinajstić information content (AvgIpc) is 2.75. The Morgan fingerprint density at radius 1 is 1.14 bits per heavy atom. The average molecular weight is 303 g/mol. The highest BCUT2D eigenvalue weighted by Crippen LogP contribution is 2.26. The Hall–Kier alpha value is -1.51. The van der Waals surface area contributed by atoms with Crippen molar-refractivity contribution in [2.45, 2.75) is 64.9 Å². The normalized spacial score (nSPS) is 17.7. The van der Waals surface area contributed by atoms with Crippen molar-refractivity contribution < 1.29 is 9.53 Å². The van der Waals surface area contributed by atoms with E-state index < -0.39 is 6.10 Å². The Morgan fingerprint density at radius 3 is 2.36 bits per heavy atom. The van der Waals surface area contributed by atoms with Crippen LogP contribution in [0.3, 0.4) is 0 Å². The Kier molecular flexibility index (Phi) is 5.49. The third-order valence-electron chi connectivity index (χ3n) is 4.28. The molecule has 0 saturated carbocycles. The third-order valence-corrected chi connectivity index (χ3v) is 4.28. The largest absolute Gasteiger partial charge is 0.481 e. The van der Waals surface area contributed by atoms with E-state index in [4.69, 9.17) is 4.74 Å². The van der Waals surface area contributed by atoms with Gasteiger partial charge in [-0.3, -0.25) is 4.79 Å². The predicted molar refractivity (Wildman–Crippen MR) is 90.3 cm³/mol. The van der Waals surface area contributed by atoms with Crippen molar-refractivity contribution in [1.29, 1.82) is 0 Å². The molecule has 0 radical (unpaired) electrons. The van der Waals surface area contributed by atoms with Gasteiger partial charge in [0.2, 0.25) is 0 Å². The zero-order valence-corrected chi connectivity index (χ0v) is 14.4. The lowest BCUT2D eigenvalue weighted by Gasteiger charge is -2.25. The Balaban J connectivity index is 2.01. The fourth-order valence-electron chi connectivity index (χ4n) is 2.84. The fourth-order valence-corrected chi connectivity index (χ4v) is 2.84. The molecule has 0 N–H and O–H groups in total. The maximum Gasteiger partial charge on any atom is 0.263 e. The minimum atomic E-state index is -0.423. The Labute approximate surface area is 134 Å². The summed E-state index contributed by atoms with van der Waals surface area (Å²) in [5.74, 6) is 0.895. The highest BCUT2D eigenvalue weighted by atomic mass is 16.5. The van der Waals surface area contributed by atoms with Gasteiger partial charge >= 0.3 is 0 Å². The molecule has 2 rings (SSSR count). The van der Waals surface area contributed by atoms with Gasteiger partial charge in [0.25, 0.3) is 5.91 Å². The monoisotopic (exact) mass is 303 g/mol. The van der Waals surface area contributed by atoms with E-state index in [0.29, 0.717) is 0 Å². The van der Waals surface area contributed by atoms with Gasteiger partial charge in [-0.15, -0.1) is 0 Å². The van der Waals surface area contributed by atoms with Gasteiger partial charge in [-0.1, -0.05) is 45.7 Å². The minimum Gasteiger partial charge on any atom is -0.481 e. The van der Waals surface area contributed by atoms with Gasteiger partial charge in [0.05, 0.1) is 0 Å². The van der Waals surface area contributed by atoms with Crippen LogP contribution in [0, 0.1) is 0 Å².